The predicted molar refractivity (Wildman–Crippen MR) is 103 cm³/mol. The Balaban J connectivity index is 0.00000161. The third-order valence-corrected chi connectivity index (χ3v) is 10.3. The molecule has 3 rings (SSSR count). The topological polar surface area (TPSA) is 14.1 Å². The van der Waals surface area contributed by atoms with Crippen molar-refractivity contribution in [1.29, 1.82) is 0 Å². The standard InChI is InChI=1S/C18H34NSi.2CH3.Ti/c1-18(2,3)19-20(4,5)17-10-9-15-11-13-7-6-8-14(13)12-16(15)17;;;/h13-17H,6-12H2,1-5H3;2*1H3;/q3*-1;+3. The summed E-state index contributed by atoms with van der Waals surface area (Å²) in [5, 5.41) is 0. The van der Waals surface area contributed by atoms with Gasteiger partial charge in [0.15, 0.2) is 0 Å². The molecule has 0 aromatic carbocycles. The van der Waals surface area contributed by atoms with Gasteiger partial charge in [0.05, 0.1) is 0 Å². The van der Waals surface area contributed by atoms with Crippen LogP contribution in [0, 0.1) is 38.5 Å². The molecule has 0 spiro atoms. The zero-order chi connectivity index (χ0) is 14.5. The second-order valence-electron chi connectivity index (χ2n) is 9.47. The molecule has 0 bridgehead atoms. The SMILES string of the molecule is CC(C)(C)[N-][Si](C)(C)C1CCC2CC3CCCC3CC21.[CH3-].[CH3-].[Ti+3]. The Bertz CT molecular complexity index is 363. The van der Waals surface area contributed by atoms with Crippen LogP contribution in [0.2, 0.25) is 18.6 Å². The van der Waals surface area contributed by atoms with E-state index < -0.39 is 8.24 Å². The molecule has 0 aromatic heterocycles. The Morgan fingerprint density at radius 1 is 0.826 bits per heavy atom. The first kappa shape index (κ1) is 23.9. The minimum atomic E-state index is -1.43. The monoisotopic (exact) mass is 370 g/mol. The molecule has 0 amide bonds. The summed E-state index contributed by atoms with van der Waals surface area (Å²) in [6, 6.07) is 0. The van der Waals surface area contributed by atoms with Gasteiger partial charge in [-0.15, -0.1) is 5.54 Å². The van der Waals surface area contributed by atoms with E-state index in [0.717, 1.165) is 29.2 Å². The minimum absolute atomic E-state index is 0. The maximum Gasteiger partial charge on any atom is 3.00 e. The molecule has 3 aliphatic carbocycles. The van der Waals surface area contributed by atoms with E-state index in [2.05, 4.69) is 33.9 Å². The van der Waals surface area contributed by atoms with Crippen molar-refractivity contribution in [3.8, 4) is 0 Å². The molecular weight excluding hydrogens is 330 g/mol. The van der Waals surface area contributed by atoms with Gasteiger partial charge in [-0.2, -0.15) is 0 Å². The maximum absolute atomic E-state index is 5.34. The van der Waals surface area contributed by atoms with E-state index in [-0.39, 0.29) is 42.1 Å². The van der Waals surface area contributed by atoms with Crippen LogP contribution in [0.1, 0.15) is 65.7 Å². The largest absolute Gasteiger partial charge is 3.00 e. The zero-order valence-corrected chi connectivity index (χ0v) is 19.3. The molecule has 0 N–H and O–H groups in total. The summed E-state index contributed by atoms with van der Waals surface area (Å²) >= 11 is 0. The van der Waals surface area contributed by atoms with Crippen LogP contribution in [0.5, 0.6) is 0 Å². The summed E-state index contributed by atoms with van der Waals surface area (Å²) in [5.41, 5.74) is 1.14. The second-order valence-corrected chi connectivity index (χ2v) is 13.7. The first-order valence-electron chi connectivity index (χ1n) is 9.00. The molecule has 133 valence electrons. The van der Waals surface area contributed by atoms with Crippen molar-refractivity contribution in [3.63, 3.8) is 0 Å². The van der Waals surface area contributed by atoms with Crippen LogP contribution < -0.4 is 0 Å². The van der Waals surface area contributed by atoms with Gasteiger partial charge in [-0.25, -0.2) is 0 Å². The fourth-order valence-corrected chi connectivity index (χ4v) is 10.3. The predicted octanol–water partition coefficient (Wildman–Crippen LogP) is 6.87. The third-order valence-electron chi connectivity index (χ3n) is 6.50. The average Bonchev–Trinajstić information content (AvgIpc) is 2.86. The maximum atomic E-state index is 5.34. The van der Waals surface area contributed by atoms with Gasteiger partial charge in [0.25, 0.3) is 0 Å². The van der Waals surface area contributed by atoms with Crippen molar-refractivity contribution in [3.05, 3.63) is 19.8 Å². The van der Waals surface area contributed by atoms with Gasteiger partial charge < -0.3 is 19.8 Å². The molecule has 0 heterocycles. The molecule has 1 nitrogen and oxygen atoms in total. The van der Waals surface area contributed by atoms with Crippen LogP contribution in [0.25, 0.3) is 4.98 Å². The van der Waals surface area contributed by atoms with Gasteiger partial charge in [0.1, 0.15) is 0 Å². The summed E-state index contributed by atoms with van der Waals surface area (Å²) in [6.45, 7) is 12.0. The normalized spacial score (nSPS) is 36.1. The van der Waals surface area contributed by atoms with Crippen molar-refractivity contribution in [2.75, 3.05) is 0 Å². The number of hydrogen-bond acceptors (Lipinski definition) is 0. The van der Waals surface area contributed by atoms with Gasteiger partial charge in [-0.05, 0) is 36.5 Å². The average molecular weight is 371 g/mol. The van der Waals surface area contributed by atoms with E-state index in [4.69, 9.17) is 4.98 Å². The van der Waals surface area contributed by atoms with Crippen LogP contribution in [0.15, 0.2) is 0 Å². The summed E-state index contributed by atoms with van der Waals surface area (Å²) in [4.78, 5) is 5.34. The molecule has 5 unspecified atom stereocenters. The number of fused-ring (bicyclic) bond motifs is 2. The van der Waals surface area contributed by atoms with Gasteiger partial charge in [-0.1, -0.05) is 79.7 Å². The summed E-state index contributed by atoms with van der Waals surface area (Å²) in [7, 11) is -1.43. The fraction of sp³-hybridized carbons (Fsp3) is 0.900. The molecule has 23 heavy (non-hydrogen) atoms. The van der Waals surface area contributed by atoms with E-state index in [0.29, 0.717) is 0 Å². The Morgan fingerprint density at radius 2 is 1.39 bits per heavy atom. The Kier molecular flexibility index (Phi) is 8.85. The molecular formula is C20H40NSiTi. The molecule has 5 atom stereocenters. The first-order valence-corrected chi connectivity index (χ1v) is 12.0. The van der Waals surface area contributed by atoms with Crippen LogP contribution in [-0.2, 0) is 21.7 Å². The van der Waals surface area contributed by atoms with Crippen molar-refractivity contribution >= 4 is 8.24 Å². The van der Waals surface area contributed by atoms with Crippen molar-refractivity contribution in [2.24, 2.45) is 23.7 Å². The Morgan fingerprint density at radius 3 is 1.96 bits per heavy atom. The minimum Gasteiger partial charge on any atom is -0.660 e. The van der Waals surface area contributed by atoms with Crippen LogP contribution in [-0.4, -0.2) is 13.8 Å². The molecule has 3 heteroatoms. The third kappa shape index (κ3) is 5.19. The smallest absolute Gasteiger partial charge is 0.660 e. The molecule has 1 radical (unpaired) electrons. The van der Waals surface area contributed by atoms with E-state index in [1.54, 1.807) is 25.7 Å². The molecule has 0 aliphatic heterocycles. The molecule has 3 fully saturated rings. The van der Waals surface area contributed by atoms with Gasteiger partial charge in [0.2, 0.25) is 0 Å². The molecule has 3 saturated carbocycles. The van der Waals surface area contributed by atoms with Crippen LogP contribution in [0.3, 0.4) is 0 Å². The van der Waals surface area contributed by atoms with Gasteiger partial charge >= 0.3 is 21.7 Å². The number of nitrogens with zero attached hydrogens (tertiary/aromatic N) is 1. The number of rotatable bonds is 2. The Labute approximate surface area is 163 Å². The van der Waals surface area contributed by atoms with Crippen LogP contribution in [0.4, 0.5) is 0 Å². The fourth-order valence-electron chi connectivity index (χ4n) is 6.10. The van der Waals surface area contributed by atoms with E-state index in [1.165, 1.54) is 19.3 Å². The second kappa shape index (κ2) is 8.52. The summed E-state index contributed by atoms with van der Waals surface area (Å²) in [5.74, 6) is 4.32. The zero-order valence-electron chi connectivity index (χ0n) is 16.8. The summed E-state index contributed by atoms with van der Waals surface area (Å²) < 4.78 is 0. The summed E-state index contributed by atoms with van der Waals surface area (Å²) in [6.07, 6.45) is 10.8. The van der Waals surface area contributed by atoms with Crippen molar-refractivity contribution in [2.45, 2.75) is 89.9 Å². The van der Waals surface area contributed by atoms with Crippen molar-refractivity contribution in [1.82, 2.24) is 0 Å². The quantitative estimate of drug-likeness (QED) is 0.372. The molecule has 0 aromatic rings. The van der Waals surface area contributed by atoms with E-state index >= 15 is 0 Å². The number of hydrogen-bond donors (Lipinski definition) is 0. The Hall–Kier alpha value is 0.891. The van der Waals surface area contributed by atoms with Crippen molar-refractivity contribution < 1.29 is 21.7 Å². The van der Waals surface area contributed by atoms with Crippen LogP contribution >= 0.6 is 0 Å². The van der Waals surface area contributed by atoms with E-state index in [1.807, 2.05) is 0 Å². The van der Waals surface area contributed by atoms with Gasteiger partial charge in [0, 0.05) is 0 Å². The van der Waals surface area contributed by atoms with E-state index in [9.17, 15) is 0 Å². The van der Waals surface area contributed by atoms with Gasteiger partial charge in [-0.3, -0.25) is 0 Å². The molecule has 3 aliphatic rings. The first-order chi connectivity index (χ1) is 9.26. The molecule has 0 saturated heterocycles.